The second kappa shape index (κ2) is 17.8. The number of ether oxygens (including phenoxy) is 1. The van der Waals surface area contributed by atoms with Crippen LogP contribution in [-0.2, 0) is 16.1 Å². The van der Waals surface area contributed by atoms with E-state index in [9.17, 15) is 19.6 Å². The number of carbonyl (C=O) groups excluding carboxylic acids is 3. The molecule has 0 bridgehead atoms. The highest BCUT2D eigenvalue weighted by Crippen LogP contribution is 2.37. The summed E-state index contributed by atoms with van der Waals surface area (Å²) in [6, 6.07) is 12.5. The number of carbonyl (C=O) groups is 3. The van der Waals surface area contributed by atoms with Crippen LogP contribution in [-0.4, -0.2) is 59.0 Å². The fourth-order valence-electron chi connectivity index (χ4n) is 4.48. The number of nitriles is 1. The Morgan fingerprint density at radius 1 is 1.12 bits per heavy atom. The molecule has 48 heavy (non-hydrogen) atoms. The summed E-state index contributed by atoms with van der Waals surface area (Å²) in [4.78, 5) is 43.6. The van der Waals surface area contributed by atoms with Crippen LogP contribution in [0.2, 0.25) is 0 Å². The Kier molecular flexibility index (Phi) is 13.6. The van der Waals surface area contributed by atoms with Crippen LogP contribution in [0.4, 0.5) is 17.2 Å². The number of rotatable bonds is 12. The summed E-state index contributed by atoms with van der Waals surface area (Å²) in [6.07, 6.45) is 9.54. The Morgan fingerprint density at radius 2 is 1.85 bits per heavy atom. The van der Waals surface area contributed by atoms with Gasteiger partial charge in [0.15, 0.2) is 11.5 Å². The van der Waals surface area contributed by atoms with Crippen LogP contribution in [0.3, 0.4) is 0 Å². The van der Waals surface area contributed by atoms with E-state index in [2.05, 4.69) is 51.6 Å². The first kappa shape index (κ1) is 36.6. The van der Waals surface area contributed by atoms with Gasteiger partial charge >= 0.3 is 0 Å². The standard InChI is InChI=1S/C33H34N8O4.C3H8/c1-6-21(13-12-20(2)33(44)41(4)19-23-9-8-16-36-27(23)18-34)24-10-7-11-25(30(24)45-5)37-26-17-28(38-31(42)22-14-15-22)39-40-29(26)32(43)35-3;1-3-2/h6-13,16-17,22H,1,14-15,19H2,2-5H3,(H,35,43)(H2,37,38,39,42);3H2,1-2H3/b20-12+,21-13+;. The third-order valence-electron chi connectivity index (χ3n) is 7.06. The molecular formula is C36H42N8O4. The van der Waals surface area contributed by atoms with E-state index in [1.807, 2.05) is 12.1 Å². The van der Waals surface area contributed by atoms with E-state index in [0.717, 1.165) is 12.8 Å². The predicted molar refractivity (Wildman–Crippen MR) is 186 cm³/mol. The summed E-state index contributed by atoms with van der Waals surface area (Å²) in [6.45, 7) is 10.1. The number of hydrogen-bond acceptors (Lipinski definition) is 9. The van der Waals surface area contributed by atoms with Crippen molar-refractivity contribution >= 4 is 40.5 Å². The predicted octanol–water partition coefficient (Wildman–Crippen LogP) is 5.79. The Morgan fingerprint density at radius 3 is 2.48 bits per heavy atom. The van der Waals surface area contributed by atoms with Gasteiger partial charge in [0.25, 0.3) is 5.91 Å². The van der Waals surface area contributed by atoms with Crippen LogP contribution in [0.1, 0.15) is 67.3 Å². The molecule has 4 rings (SSSR count). The van der Waals surface area contributed by atoms with Crippen LogP contribution >= 0.6 is 0 Å². The minimum atomic E-state index is -0.463. The number of nitrogens with zero attached hydrogens (tertiary/aromatic N) is 5. The quantitative estimate of drug-likeness (QED) is 0.163. The lowest BCUT2D eigenvalue weighted by atomic mass is 10.0. The zero-order valence-electron chi connectivity index (χ0n) is 28.3. The summed E-state index contributed by atoms with van der Waals surface area (Å²) < 4.78 is 5.79. The fourth-order valence-corrected chi connectivity index (χ4v) is 4.48. The average molecular weight is 651 g/mol. The van der Waals surface area contributed by atoms with E-state index >= 15 is 0 Å². The molecule has 12 heteroatoms. The number of amides is 3. The van der Waals surface area contributed by atoms with E-state index in [1.165, 1.54) is 31.7 Å². The first-order valence-electron chi connectivity index (χ1n) is 15.6. The Balaban J connectivity index is 0.00000201. The zero-order chi connectivity index (χ0) is 35.2. The molecule has 250 valence electrons. The van der Waals surface area contributed by atoms with Crippen LogP contribution in [0.25, 0.3) is 5.57 Å². The maximum atomic E-state index is 13.1. The minimum Gasteiger partial charge on any atom is -0.494 e. The molecule has 3 amide bonds. The number of likely N-dealkylation sites (N-methyl/N-ethyl adjacent to an activating group) is 1. The van der Waals surface area contributed by atoms with E-state index in [4.69, 9.17) is 4.74 Å². The number of nitrogens with one attached hydrogen (secondary N) is 3. The number of pyridine rings is 1. The summed E-state index contributed by atoms with van der Waals surface area (Å²) in [5.74, 6) is -0.196. The highest BCUT2D eigenvalue weighted by Gasteiger charge is 2.30. The number of aromatic nitrogens is 3. The largest absolute Gasteiger partial charge is 0.494 e. The molecule has 1 saturated carbocycles. The van der Waals surface area contributed by atoms with Gasteiger partial charge in [-0.3, -0.25) is 14.4 Å². The van der Waals surface area contributed by atoms with Crippen LogP contribution < -0.4 is 20.7 Å². The molecular weight excluding hydrogens is 608 g/mol. The molecule has 0 unspecified atom stereocenters. The molecule has 0 saturated heterocycles. The van der Waals surface area contributed by atoms with Gasteiger partial charge < -0.3 is 25.6 Å². The maximum absolute atomic E-state index is 13.1. The second-order valence-electron chi connectivity index (χ2n) is 11.0. The van der Waals surface area contributed by atoms with Crippen molar-refractivity contribution < 1.29 is 19.1 Å². The molecule has 0 atom stereocenters. The average Bonchev–Trinajstić information content (AvgIpc) is 3.95. The molecule has 1 aliphatic carbocycles. The van der Waals surface area contributed by atoms with Crippen LogP contribution in [0.5, 0.6) is 5.75 Å². The van der Waals surface area contributed by atoms with Gasteiger partial charge in [0.05, 0.1) is 18.5 Å². The molecule has 3 aromatic rings. The molecule has 12 nitrogen and oxygen atoms in total. The van der Waals surface area contributed by atoms with Crippen molar-refractivity contribution in [3.05, 3.63) is 95.5 Å². The number of hydrogen-bond donors (Lipinski definition) is 3. The van der Waals surface area contributed by atoms with E-state index in [-0.39, 0.29) is 41.5 Å². The third kappa shape index (κ3) is 9.59. The maximum Gasteiger partial charge on any atom is 0.273 e. The summed E-state index contributed by atoms with van der Waals surface area (Å²) in [5, 5.41) is 25.9. The lowest BCUT2D eigenvalue weighted by molar-refractivity contribution is -0.126. The van der Waals surface area contributed by atoms with Gasteiger partial charge in [-0.05, 0) is 37.5 Å². The first-order valence-corrected chi connectivity index (χ1v) is 15.6. The molecule has 0 aliphatic heterocycles. The monoisotopic (exact) mass is 650 g/mol. The highest BCUT2D eigenvalue weighted by molar-refractivity contribution is 6.00. The lowest BCUT2D eigenvalue weighted by Crippen LogP contribution is -2.27. The second-order valence-corrected chi connectivity index (χ2v) is 11.0. The van der Waals surface area contributed by atoms with Gasteiger partial charge in [-0.25, -0.2) is 4.98 Å². The van der Waals surface area contributed by atoms with E-state index < -0.39 is 5.91 Å². The summed E-state index contributed by atoms with van der Waals surface area (Å²) in [7, 11) is 4.66. The van der Waals surface area contributed by atoms with Gasteiger partial charge in [0.2, 0.25) is 11.8 Å². The van der Waals surface area contributed by atoms with Crippen molar-refractivity contribution in [2.24, 2.45) is 5.92 Å². The number of methoxy groups -OCH3 is 1. The zero-order valence-corrected chi connectivity index (χ0v) is 28.3. The smallest absolute Gasteiger partial charge is 0.273 e. The van der Waals surface area contributed by atoms with Crippen molar-refractivity contribution in [2.75, 3.05) is 31.8 Å². The van der Waals surface area contributed by atoms with Crippen LogP contribution in [0.15, 0.2) is 73.0 Å². The van der Waals surface area contributed by atoms with E-state index in [1.54, 1.807) is 62.5 Å². The summed E-state index contributed by atoms with van der Waals surface area (Å²) in [5.41, 5.74) is 3.59. The van der Waals surface area contributed by atoms with Crippen molar-refractivity contribution in [1.29, 1.82) is 5.26 Å². The molecule has 1 fully saturated rings. The van der Waals surface area contributed by atoms with Crippen molar-refractivity contribution in [3.8, 4) is 11.8 Å². The molecule has 0 spiro atoms. The number of anilines is 3. The topological polar surface area (TPSA) is 162 Å². The Hall–Kier alpha value is -5.83. The summed E-state index contributed by atoms with van der Waals surface area (Å²) >= 11 is 0. The highest BCUT2D eigenvalue weighted by atomic mass is 16.5. The lowest BCUT2D eigenvalue weighted by Gasteiger charge is -2.18. The first-order chi connectivity index (χ1) is 23.1. The molecule has 1 aromatic carbocycles. The molecule has 2 aromatic heterocycles. The van der Waals surface area contributed by atoms with Crippen molar-refractivity contribution in [2.45, 2.75) is 46.6 Å². The third-order valence-corrected chi connectivity index (χ3v) is 7.06. The Bertz CT molecular complexity index is 1750. The van der Waals surface area contributed by atoms with Crippen molar-refractivity contribution in [1.82, 2.24) is 25.4 Å². The number of allylic oxidation sites excluding steroid dienone is 4. The van der Waals surface area contributed by atoms with E-state index in [0.29, 0.717) is 39.4 Å². The molecule has 2 heterocycles. The normalized spacial score (nSPS) is 12.4. The molecule has 3 N–H and O–H groups in total. The van der Waals surface area contributed by atoms with Gasteiger partial charge in [-0.15, -0.1) is 10.2 Å². The fraction of sp³-hybridized carbons (Fsp3) is 0.306. The minimum absolute atomic E-state index is 0.0308. The SMILES string of the molecule is C=C/C(=C\C=C(/C)C(=O)N(C)Cc1cccnc1C#N)c1cccc(Nc2cc(NC(=O)C3CC3)nnc2C(=O)NC)c1OC.CCC. The van der Waals surface area contributed by atoms with Gasteiger partial charge in [-0.1, -0.05) is 63.3 Å². The van der Waals surface area contributed by atoms with Gasteiger partial charge in [0, 0.05) is 55.5 Å². The Labute approximate surface area is 281 Å². The molecule has 0 radical (unpaired) electrons. The van der Waals surface area contributed by atoms with Crippen LogP contribution in [0, 0.1) is 17.2 Å². The van der Waals surface area contributed by atoms with Crippen molar-refractivity contribution in [3.63, 3.8) is 0 Å². The van der Waals surface area contributed by atoms with Gasteiger partial charge in [0.1, 0.15) is 17.5 Å². The molecule has 1 aliphatic rings. The number of benzene rings is 1. The number of para-hydroxylation sites is 1. The van der Waals surface area contributed by atoms with Gasteiger partial charge in [-0.2, -0.15) is 5.26 Å².